The van der Waals surface area contributed by atoms with Gasteiger partial charge in [-0.1, -0.05) is 30.3 Å². The van der Waals surface area contributed by atoms with Gasteiger partial charge in [0, 0.05) is 19.6 Å². The van der Waals surface area contributed by atoms with Gasteiger partial charge in [-0.05, 0) is 36.8 Å². The highest BCUT2D eigenvalue weighted by molar-refractivity contribution is 5.90. The van der Waals surface area contributed by atoms with Crippen molar-refractivity contribution in [2.75, 3.05) is 19.8 Å². The van der Waals surface area contributed by atoms with Gasteiger partial charge in [-0.2, -0.15) is 5.10 Å². The van der Waals surface area contributed by atoms with Crippen molar-refractivity contribution in [2.24, 2.45) is 0 Å². The third kappa shape index (κ3) is 5.28. The second-order valence-electron chi connectivity index (χ2n) is 6.53. The van der Waals surface area contributed by atoms with Crippen LogP contribution in [0.5, 0.6) is 0 Å². The summed E-state index contributed by atoms with van der Waals surface area (Å²) in [7, 11) is 0. The maximum Gasteiger partial charge on any atom is 0.341 e. The molecular weight excluding hydrogens is 373 g/mol. The summed E-state index contributed by atoms with van der Waals surface area (Å²) in [5, 5.41) is 13.9. The predicted molar refractivity (Wildman–Crippen MR) is 107 cm³/mol. The lowest BCUT2D eigenvalue weighted by Crippen LogP contribution is -2.28. The molecule has 0 unspecified atom stereocenters. The molecule has 0 saturated carbocycles. The highest BCUT2D eigenvalue weighted by Crippen LogP contribution is 2.20. The van der Waals surface area contributed by atoms with Gasteiger partial charge in [0.05, 0.1) is 30.8 Å². The number of carbonyl (C=O) groups is 1. The molecule has 1 heterocycles. The molecule has 0 aliphatic rings. The Bertz CT molecular complexity index is 926. The Morgan fingerprint density at radius 2 is 1.86 bits per heavy atom. The number of nitrogens with zero attached hydrogens (tertiary/aromatic N) is 3. The second-order valence-corrected chi connectivity index (χ2v) is 6.53. The van der Waals surface area contributed by atoms with Crippen molar-refractivity contribution in [1.29, 1.82) is 0 Å². The van der Waals surface area contributed by atoms with Crippen molar-refractivity contribution < 1.29 is 19.0 Å². The minimum absolute atomic E-state index is 0.0216. The van der Waals surface area contributed by atoms with Crippen LogP contribution in [0, 0.1) is 5.82 Å². The number of halogens is 1. The molecular formula is C22H24FN3O3. The van der Waals surface area contributed by atoms with Crippen LogP contribution in [0.25, 0.3) is 5.69 Å². The maximum atomic E-state index is 13.3. The minimum Gasteiger partial charge on any atom is -0.462 e. The van der Waals surface area contributed by atoms with E-state index in [4.69, 9.17) is 4.74 Å². The van der Waals surface area contributed by atoms with Crippen molar-refractivity contribution in [3.05, 3.63) is 83.4 Å². The first-order valence-electron chi connectivity index (χ1n) is 9.49. The van der Waals surface area contributed by atoms with Crippen LogP contribution in [0.1, 0.15) is 28.5 Å². The Balaban J connectivity index is 1.95. The minimum atomic E-state index is -0.459. The third-order valence-corrected chi connectivity index (χ3v) is 4.47. The number of carbonyl (C=O) groups excluding carboxylic acids is 1. The number of aliphatic hydroxyl groups excluding tert-OH is 1. The van der Waals surface area contributed by atoms with Crippen LogP contribution < -0.4 is 0 Å². The molecule has 0 amide bonds. The van der Waals surface area contributed by atoms with Gasteiger partial charge in [-0.3, -0.25) is 4.90 Å². The summed E-state index contributed by atoms with van der Waals surface area (Å²) >= 11 is 0. The molecule has 0 saturated heterocycles. The van der Waals surface area contributed by atoms with Crippen LogP contribution in [0.4, 0.5) is 4.39 Å². The zero-order valence-corrected chi connectivity index (χ0v) is 16.3. The lowest BCUT2D eigenvalue weighted by atomic mass is 10.2. The van der Waals surface area contributed by atoms with Gasteiger partial charge in [0.2, 0.25) is 0 Å². The molecule has 6 nitrogen and oxygen atoms in total. The molecule has 29 heavy (non-hydrogen) atoms. The lowest BCUT2D eigenvalue weighted by Gasteiger charge is -2.22. The van der Waals surface area contributed by atoms with Crippen LogP contribution in [-0.2, 0) is 17.8 Å². The highest BCUT2D eigenvalue weighted by atomic mass is 19.1. The number of aliphatic hydroxyl groups is 1. The average molecular weight is 397 g/mol. The zero-order valence-electron chi connectivity index (χ0n) is 16.3. The first-order valence-corrected chi connectivity index (χ1v) is 9.49. The first kappa shape index (κ1) is 20.7. The maximum absolute atomic E-state index is 13.3. The summed E-state index contributed by atoms with van der Waals surface area (Å²) in [6, 6.07) is 15.8. The number of esters is 1. The number of rotatable bonds is 9. The standard InChI is InChI=1S/C22H24FN3O3/c1-2-29-22(28)20-14-24-26(19-10-8-18(23)9-11-19)21(20)16-25(12-13-27)15-17-6-4-3-5-7-17/h3-11,14,27H,2,12-13,15-16H2,1H3. The molecule has 3 rings (SSSR count). The largest absolute Gasteiger partial charge is 0.462 e. The lowest BCUT2D eigenvalue weighted by molar-refractivity contribution is 0.0523. The summed E-state index contributed by atoms with van der Waals surface area (Å²) in [6.45, 7) is 3.36. The topological polar surface area (TPSA) is 67.6 Å². The molecule has 152 valence electrons. The highest BCUT2D eigenvalue weighted by Gasteiger charge is 2.22. The Labute approximate surface area is 169 Å². The van der Waals surface area contributed by atoms with E-state index >= 15 is 0 Å². The van der Waals surface area contributed by atoms with Crippen LogP contribution >= 0.6 is 0 Å². The summed E-state index contributed by atoms with van der Waals surface area (Å²) < 4.78 is 20.1. The molecule has 1 N–H and O–H groups in total. The monoisotopic (exact) mass is 397 g/mol. The van der Waals surface area contributed by atoms with Gasteiger partial charge in [-0.25, -0.2) is 13.9 Å². The number of hydrogen-bond acceptors (Lipinski definition) is 5. The van der Waals surface area contributed by atoms with Gasteiger partial charge >= 0.3 is 5.97 Å². The zero-order chi connectivity index (χ0) is 20.6. The normalized spacial score (nSPS) is 11.0. The van der Waals surface area contributed by atoms with Crippen LogP contribution in [-0.4, -0.2) is 45.5 Å². The van der Waals surface area contributed by atoms with Gasteiger partial charge in [-0.15, -0.1) is 0 Å². The van der Waals surface area contributed by atoms with Crippen LogP contribution in [0.15, 0.2) is 60.8 Å². The van der Waals surface area contributed by atoms with Crippen molar-refractivity contribution in [2.45, 2.75) is 20.0 Å². The van der Waals surface area contributed by atoms with Crippen LogP contribution in [0.2, 0.25) is 0 Å². The molecule has 0 fully saturated rings. The predicted octanol–water partition coefficient (Wildman–Crippen LogP) is 3.18. The van der Waals surface area contributed by atoms with Crippen LogP contribution in [0.3, 0.4) is 0 Å². The molecule has 0 radical (unpaired) electrons. The Kier molecular flexibility index (Phi) is 7.10. The first-order chi connectivity index (χ1) is 14.1. The van der Waals surface area contributed by atoms with E-state index in [1.165, 1.54) is 18.3 Å². The number of ether oxygens (including phenoxy) is 1. The van der Waals surface area contributed by atoms with E-state index in [2.05, 4.69) is 5.10 Å². The molecule has 0 bridgehead atoms. The van der Waals surface area contributed by atoms with E-state index in [-0.39, 0.29) is 19.0 Å². The third-order valence-electron chi connectivity index (χ3n) is 4.47. The Morgan fingerprint density at radius 3 is 2.52 bits per heavy atom. The van der Waals surface area contributed by atoms with Crippen molar-refractivity contribution >= 4 is 5.97 Å². The molecule has 1 aromatic heterocycles. The van der Waals surface area contributed by atoms with E-state index in [1.54, 1.807) is 23.7 Å². The number of benzene rings is 2. The molecule has 7 heteroatoms. The van der Waals surface area contributed by atoms with Crippen molar-refractivity contribution in [3.63, 3.8) is 0 Å². The quantitative estimate of drug-likeness (QED) is 0.562. The van der Waals surface area contributed by atoms with E-state index in [0.717, 1.165) is 5.56 Å². The SMILES string of the molecule is CCOC(=O)c1cnn(-c2ccc(F)cc2)c1CN(CCO)Cc1ccccc1. The second kappa shape index (κ2) is 9.95. The molecule has 3 aromatic rings. The number of hydrogen-bond donors (Lipinski definition) is 1. The molecule has 0 spiro atoms. The Morgan fingerprint density at radius 1 is 1.14 bits per heavy atom. The van der Waals surface area contributed by atoms with E-state index in [1.807, 2.05) is 35.2 Å². The summed E-state index contributed by atoms with van der Waals surface area (Å²) in [6.07, 6.45) is 1.47. The van der Waals surface area contributed by atoms with Gasteiger partial charge in [0.1, 0.15) is 11.4 Å². The molecule has 0 aliphatic carbocycles. The summed E-state index contributed by atoms with van der Waals surface area (Å²) in [4.78, 5) is 14.5. The Hall–Kier alpha value is -3.03. The van der Waals surface area contributed by atoms with Crippen molar-refractivity contribution in [3.8, 4) is 5.69 Å². The smallest absolute Gasteiger partial charge is 0.341 e. The van der Waals surface area contributed by atoms with Gasteiger partial charge in [0.25, 0.3) is 0 Å². The van der Waals surface area contributed by atoms with E-state index < -0.39 is 5.97 Å². The fraction of sp³-hybridized carbons (Fsp3) is 0.273. The van der Waals surface area contributed by atoms with E-state index in [9.17, 15) is 14.3 Å². The van der Waals surface area contributed by atoms with E-state index in [0.29, 0.717) is 36.6 Å². The number of aromatic nitrogens is 2. The average Bonchev–Trinajstić information content (AvgIpc) is 3.13. The van der Waals surface area contributed by atoms with Gasteiger partial charge in [0.15, 0.2) is 0 Å². The van der Waals surface area contributed by atoms with Crippen molar-refractivity contribution in [1.82, 2.24) is 14.7 Å². The molecule has 0 atom stereocenters. The fourth-order valence-corrected chi connectivity index (χ4v) is 3.12. The summed E-state index contributed by atoms with van der Waals surface area (Å²) in [5.41, 5.74) is 2.71. The summed E-state index contributed by atoms with van der Waals surface area (Å²) in [5.74, 6) is -0.807. The molecule has 2 aromatic carbocycles. The fourth-order valence-electron chi connectivity index (χ4n) is 3.12. The molecule has 0 aliphatic heterocycles. The van der Waals surface area contributed by atoms with Gasteiger partial charge < -0.3 is 9.84 Å².